The van der Waals surface area contributed by atoms with E-state index in [1.165, 1.54) is 0 Å². The predicted molar refractivity (Wildman–Crippen MR) is 56.6 cm³/mol. The van der Waals surface area contributed by atoms with Gasteiger partial charge >= 0.3 is 6.09 Å². The van der Waals surface area contributed by atoms with Crippen molar-refractivity contribution in [3.63, 3.8) is 0 Å². The van der Waals surface area contributed by atoms with Gasteiger partial charge in [-0.2, -0.15) is 0 Å². The molecular formula is C11H19NO3. The molecule has 0 heterocycles. The van der Waals surface area contributed by atoms with Crippen molar-refractivity contribution in [1.82, 2.24) is 5.32 Å². The summed E-state index contributed by atoms with van der Waals surface area (Å²) < 4.78 is 5.13. The molecule has 0 aromatic rings. The Morgan fingerprint density at radius 3 is 2.60 bits per heavy atom. The highest BCUT2D eigenvalue weighted by Crippen LogP contribution is 2.24. The number of alkyl carbamates (subject to hydrolysis) is 1. The Morgan fingerprint density at radius 2 is 2.07 bits per heavy atom. The molecule has 0 radical (unpaired) electrons. The van der Waals surface area contributed by atoms with E-state index in [1.54, 1.807) is 0 Å². The van der Waals surface area contributed by atoms with Crippen LogP contribution in [0.5, 0.6) is 0 Å². The summed E-state index contributed by atoms with van der Waals surface area (Å²) in [6.45, 7) is 5.45. The van der Waals surface area contributed by atoms with Crippen molar-refractivity contribution in [1.29, 1.82) is 0 Å². The molecular weight excluding hydrogens is 194 g/mol. The van der Waals surface area contributed by atoms with Gasteiger partial charge in [0.1, 0.15) is 11.9 Å². The molecule has 1 aliphatic rings. The van der Waals surface area contributed by atoms with Crippen LogP contribution in [0.4, 0.5) is 4.79 Å². The van der Waals surface area contributed by atoms with E-state index >= 15 is 0 Å². The second kappa shape index (κ2) is 4.64. The molecule has 1 rings (SSSR count). The van der Waals surface area contributed by atoms with Crippen LogP contribution in [0.1, 0.15) is 40.0 Å². The third kappa shape index (κ3) is 3.90. The van der Waals surface area contributed by atoms with Gasteiger partial charge < -0.3 is 14.8 Å². The van der Waals surface area contributed by atoms with Crippen LogP contribution in [0.2, 0.25) is 0 Å². The van der Waals surface area contributed by atoms with E-state index in [-0.39, 0.29) is 12.0 Å². The lowest BCUT2D eigenvalue weighted by Crippen LogP contribution is -2.41. The Morgan fingerprint density at radius 1 is 1.40 bits per heavy atom. The molecule has 0 unspecified atom stereocenters. The lowest BCUT2D eigenvalue weighted by atomic mass is 10.1. The fourth-order valence-corrected chi connectivity index (χ4v) is 1.79. The Hall–Kier alpha value is -1.06. The van der Waals surface area contributed by atoms with Crippen LogP contribution >= 0.6 is 0 Å². The highest BCUT2D eigenvalue weighted by molar-refractivity contribution is 5.69. The Balaban J connectivity index is 2.41. The van der Waals surface area contributed by atoms with Crippen LogP contribution in [0.15, 0.2) is 0 Å². The van der Waals surface area contributed by atoms with Crippen molar-refractivity contribution in [2.45, 2.75) is 51.7 Å². The van der Waals surface area contributed by atoms with Crippen LogP contribution in [-0.2, 0) is 9.53 Å². The molecule has 1 fully saturated rings. The molecule has 0 bridgehead atoms. The van der Waals surface area contributed by atoms with E-state index in [0.29, 0.717) is 0 Å². The highest BCUT2D eigenvalue weighted by atomic mass is 16.6. The number of aldehydes is 1. The minimum Gasteiger partial charge on any atom is -0.444 e. The first kappa shape index (κ1) is 12.0. The molecule has 2 atom stereocenters. The maximum atomic E-state index is 11.4. The summed E-state index contributed by atoms with van der Waals surface area (Å²) in [6.07, 6.45) is 3.21. The zero-order valence-corrected chi connectivity index (χ0v) is 9.58. The topological polar surface area (TPSA) is 55.4 Å². The maximum Gasteiger partial charge on any atom is 0.407 e. The number of amides is 1. The molecule has 15 heavy (non-hydrogen) atoms. The lowest BCUT2D eigenvalue weighted by molar-refractivity contribution is -0.111. The van der Waals surface area contributed by atoms with Gasteiger partial charge in [-0.1, -0.05) is 6.42 Å². The molecule has 0 saturated heterocycles. The van der Waals surface area contributed by atoms with Crippen LogP contribution in [0.25, 0.3) is 0 Å². The average Bonchev–Trinajstić information content (AvgIpc) is 2.48. The van der Waals surface area contributed by atoms with Crippen molar-refractivity contribution < 1.29 is 14.3 Å². The van der Waals surface area contributed by atoms with E-state index in [4.69, 9.17) is 4.74 Å². The van der Waals surface area contributed by atoms with Crippen molar-refractivity contribution in [2.75, 3.05) is 0 Å². The van der Waals surface area contributed by atoms with Gasteiger partial charge in [-0.25, -0.2) is 4.79 Å². The molecule has 0 aromatic carbocycles. The van der Waals surface area contributed by atoms with E-state index < -0.39 is 11.7 Å². The molecule has 1 saturated carbocycles. The van der Waals surface area contributed by atoms with Crippen LogP contribution in [-0.4, -0.2) is 24.0 Å². The van der Waals surface area contributed by atoms with Gasteiger partial charge in [-0.05, 0) is 33.6 Å². The van der Waals surface area contributed by atoms with Crippen molar-refractivity contribution in [3.05, 3.63) is 0 Å². The summed E-state index contributed by atoms with van der Waals surface area (Å²) in [6, 6.07) is -0.0441. The quantitative estimate of drug-likeness (QED) is 0.712. The monoisotopic (exact) mass is 213 g/mol. The summed E-state index contributed by atoms with van der Waals surface area (Å²) in [5, 5.41) is 2.74. The molecule has 86 valence electrons. The maximum absolute atomic E-state index is 11.4. The first-order valence-corrected chi connectivity index (χ1v) is 5.37. The molecule has 1 amide bonds. The summed E-state index contributed by atoms with van der Waals surface area (Å²) in [4.78, 5) is 22.1. The van der Waals surface area contributed by atoms with Gasteiger partial charge in [0, 0.05) is 12.0 Å². The Kier molecular flexibility index (Phi) is 3.72. The number of carbonyl (C=O) groups is 2. The summed E-state index contributed by atoms with van der Waals surface area (Å²) in [7, 11) is 0. The summed E-state index contributed by atoms with van der Waals surface area (Å²) in [5.41, 5.74) is -0.487. The third-order valence-corrected chi connectivity index (χ3v) is 2.45. The number of rotatable bonds is 2. The standard InChI is InChI=1S/C11H19NO3/c1-11(2,3)15-10(14)12-9-6-4-5-8(9)7-13/h7-9H,4-6H2,1-3H3,(H,12,14)/t8-,9-/m0/s1. The largest absolute Gasteiger partial charge is 0.444 e. The molecule has 4 nitrogen and oxygen atoms in total. The van der Waals surface area contributed by atoms with Gasteiger partial charge in [0.05, 0.1) is 0 Å². The zero-order valence-electron chi connectivity index (χ0n) is 9.58. The van der Waals surface area contributed by atoms with Crippen LogP contribution in [0, 0.1) is 5.92 Å². The molecule has 1 N–H and O–H groups in total. The molecule has 0 spiro atoms. The fraction of sp³-hybridized carbons (Fsp3) is 0.818. The summed E-state index contributed by atoms with van der Waals surface area (Å²) >= 11 is 0. The molecule has 4 heteroatoms. The number of hydrogen-bond donors (Lipinski definition) is 1. The zero-order chi connectivity index (χ0) is 11.5. The fourth-order valence-electron chi connectivity index (χ4n) is 1.79. The van der Waals surface area contributed by atoms with E-state index in [0.717, 1.165) is 25.5 Å². The summed E-state index contributed by atoms with van der Waals surface area (Å²) in [5.74, 6) is -0.0440. The smallest absolute Gasteiger partial charge is 0.407 e. The minimum absolute atomic E-state index is 0.0440. The first-order chi connectivity index (χ1) is 6.92. The van der Waals surface area contributed by atoms with Gasteiger partial charge in [0.25, 0.3) is 0 Å². The number of hydrogen-bond acceptors (Lipinski definition) is 3. The highest BCUT2D eigenvalue weighted by Gasteiger charge is 2.29. The molecule has 0 aliphatic heterocycles. The van der Waals surface area contributed by atoms with E-state index in [2.05, 4.69) is 5.32 Å². The minimum atomic E-state index is -0.487. The SMILES string of the molecule is CC(C)(C)OC(=O)N[C@H]1CCC[C@H]1C=O. The van der Waals surface area contributed by atoms with E-state index in [9.17, 15) is 9.59 Å². The lowest BCUT2D eigenvalue weighted by Gasteiger charge is -2.22. The van der Waals surface area contributed by atoms with Gasteiger partial charge in [0.15, 0.2) is 0 Å². The van der Waals surface area contributed by atoms with Crippen molar-refractivity contribution >= 4 is 12.4 Å². The third-order valence-electron chi connectivity index (χ3n) is 2.45. The normalized spacial score (nSPS) is 26.1. The van der Waals surface area contributed by atoms with Crippen molar-refractivity contribution in [2.24, 2.45) is 5.92 Å². The van der Waals surface area contributed by atoms with Gasteiger partial charge in [-0.3, -0.25) is 0 Å². The second-order valence-corrected chi connectivity index (χ2v) is 4.98. The predicted octanol–water partition coefficient (Wildman–Crippen LogP) is 1.88. The van der Waals surface area contributed by atoms with E-state index in [1.807, 2.05) is 20.8 Å². The Labute approximate surface area is 90.4 Å². The Bertz CT molecular complexity index is 245. The number of ether oxygens (including phenoxy) is 1. The van der Waals surface area contributed by atoms with Crippen LogP contribution < -0.4 is 5.32 Å². The van der Waals surface area contributed by atoms with Gasteiger partial charge in [-0.15, -0.1) is 0 Å². The second-order valence-electron chi connectivity index (χ2n) is 4.98. The van der Waals surface area contributed by atoms with Crippen molar-refractivity contribution in [3.8, 4) is 0 Å². The number of carbonyl (C=O) groups excluding carboxylic acids is 2. The average molecular weight is 213 g/mol. The first-order valence-electron chi connectivity index (χ1n) is 5.37. The van der Waals surface area contributed by atoms with Crippen LogP contribution in [0.3, 0.4) is 0 Å². The molecule has 1 aliphatic carbocycles. The molecule has 0 aromatic heterocycles. The number of nitrogens with one attached hydrogen (secondary N) is 1. The van der Waals surface area contributed by atoms with Gasteiger partial charge in [0.2, 0.25) is 0 Å².